The number of carbonyl (C=O) groups is 1. The van der Waals surface area contributed by atoms with Crippen molar-refractivity contribution in [2.24, 2.45) is 0 Å². The van der Waals surface area contributed by atoms with E-state index in [1.54, 1.807) is 12.1 Å². The fourth-order valence-electron chi connectivity index (χ4n) is 1.22. The highest BCUT2D eigenvalue weighted by molar-refractivity contribution is 5.67. The van der Waals surface area contributed by atoms with Gasteiger partial charge >= 0.3 is 5.97 Å². The van der Waals surface area contributed by atoms with Gasteiger partial charge in [0.1, 0.15) is 11.9 Å². The lowest BCUT2D eigenvalue weighted by Crippen LogP contribution is -2.25. The third-order valence-corrected chi connectivity index (χ3v) is 2.14. The molecule has 6 nitrogen and oxygen atoms in total. The lowest BCUT2D eigenvalue weighted by Gasteiger charge is -2.14. The summed E-state index contributed by atoms with van der Waals surface area (Å²) in [4.78, 5) is 14.5. The Labute approximate surface area is 98.9 Å². The van der Waals surface area contributed by atoms with Crippen LogP contribution in [0.2, 0.25) is 0 Å². The zero-order chi connectivity index (χ0) is 12.7. The summed E-state index contributed by atoms with van der Waals surface area (Å²) in [6, 6.07) is 5.26. The number of ether oxygens (including phenoxy) is 1. The Morgan fingerprint density at radius 3 is 2.94 bits per heavy atom. The maximum absolute atomic E-state index is 10.5. The van der Waals surface area contributed by atoms with Gasteiger partial charge in [-0.25, -0.2) is 4.98 Å². The molecule has 0 saturated carbocycles. The molecule has 0 saturated heterocycles. The van der Waals surface area contributed by atoms with Gasteiger partial charge in [0.05, 0.1) is 18.1 Å². The Balaban J connectivity index is 2.48. The van der Waals surface area contributed by atoms with E-state index in [1.807, 2.05) is 6.07 Å². The molecule has 6 heteroatoms. The van der Waals surface area contributed by atoms with Crippen LogP contribution in [0, 0.1) is 11.3 Å². The van der Waals surface area contributed by atoms with Crippen molar-refractivity contribution in [1.82, 2.24) is 4.98 Å². The third kappa shape index (κ3) is 4.49. The Morgan fingerprint density at radius 2 is 2.47 bits per heavy atom. The van der Waals surface area contributed by atoms with Crippen molar-refractivity contribution >= 4 is 11.8 Å². The summed E-state index contributed by atoms with van der Waals surface area (Å²) in [5.74, 6) is -0.331. The molecule has 2 N–H and O–H groups in total. The smallest absolute Gasteiger partial charge is 0.306 e. The van der Waals surface area contributed by atoms with Gasteiger partial charge in [-0.3, -0.25) is 4.79 Å². The number of nitrogens with zero attached hydrogens (tertiary/aromatic N) is 2. The van der Waals surface area contributed by atoms with Crippen molar-refractivity contribution in [2.75, 3.05) is 19.0 Å². The van der Waals surface area contributed by atoms with Gasteiger partial charge in [0.15, 0.2) is 0 Å². The van der Waals surface area contributed by atoms with E-state index in [0.29, 0.717) is 17.9 Å². The predicted molar refractivity (Wildman–Crippen MR) is 60.5 cm³/mol. The lowest BCUT2D eigenvalue weighted by molar-refractivity contribution is -0.139. The number of pyridine rings is 1. The molecular formula is C11H13N3O3. The molecule has 0 aliphatic heterocycles. The van der Waals surface area contributed by atoms with E-state index in [9.17, 15) is 4.79 Å². The molecule has 0 radical (unpaired) electrons. The van der Waals surface area contributed by atoms with E-state index >= 15 is 0 Å². The molecule has 0 aliphatic rings. The Morgan fingerprint density at radius 1 is 1.71 bits per heavy atom. The number of rotatable bonds is 6. The van der Waals surface area contributed by atoms with E-state index in [4.69, 9.17) is 15.1 Å². The maximum Gasteiger partial charge on any atom is 0.306 e. The van der Waals surface area contributed by atoms with Crippen LogP contribution >= 0.6 is 0 Å². The maximum atomic E-state index is 10.5. The van der Waals surface area contributed by atoms with Gasteiger partial charge in [0, 0.05) is 19.9 Å². The molecule has 0 fully saturated rings. The normalized spacial score (nSPS) is 11.5. The molecule has 0 bridgehead atoms. The predicted octanol–water partition coefficient (Wildman–Crippen LogP) is 0.855. The summed E-state index contributed by atoms with van der Waals surface area (Å²) in [5.41, 5.74) is 0.476. The second-order valence-electron chi connectivity index (χ2n) is 3.38. The molecule has 0 aliphatic carbocycles. The quantitative estimate of drug-likeness (QED) is 0.759. The first kappa shape index (κ1) is 12.9. The Hall–Kier alpha value is -2.13. The molecule has 1 atom stereocenters. The zero-order valence-electron chi connectivity index (χ0n) is 9.38. The number of aromatic nitrogens is 1. The highest BCUT2D eigenvalue weighted by atomic mass is 16.5. The van der Waals surface area contributed by atoms with Crippen LogP contribution in [0.15, 0.2) is 18.3 Å². The summed E-state index contributed by atoms with van der Waals surface area (Å²) in [6.07, 6.45) is 0.964. The van der Waals surface area contributed by atoms with E-state index in [0.717, 1.165) is 0 Å². The standard InChI is InChI=1S/C11H13N3O3/c1-17-9(4-11(15)16)7-14-10-3-2-8(5-12)6-13-10/h2-3,6,9H,4,7H2,1H3,(H,13,14)(H,15,16). The van der Waals surface area contributed by atoms with E-state index in [1.165, 1.54) is 13.3 Å². The van der Waals surface area contributed by atoms with Crippen LogP contribution in [-0.2, 0) is 9.53 Å². The van der Waals surface area contributed by atoms with Gasteiger partial charge in [-0.15, -0.1) is 0 Å². The summed E-state index contributed by atoms with van der Waals surface area (Å²) in [5, 5.41) is 20.2. The van der Waals surface area contributed by atoms with Crippen LogP contribution < -0.4 is 5.32 Å². The fraction of sp³-hybridized carbons (Fsp3) is 0.364. The minimum atomic E-state index is -0.911. The molecule has 90 valence electrons. The van der Waals surface area contributed by atoms with Crippen LogP contribution in [0.5, 0.6) is 0 Å². The largest absolute Gasteiger partial charge is 0.481 e. The van der Waals surface area contributed by atoms with Gasteiger partial charge in [-0.2, -0.15) is 5.26 Å². The third-order valence-electron chi connectivity index (χ3n) is 2.14. The molecule has 0 amide bonds. The van der Waals surface area contributed by atoms with Crippen LogP contribution in [0.4, 0.5) is 5.82 Å². The summed E-state index contributed by atoms with van der Waals surface area (Å²) >= 11 is 0. The zero-order valence-corrected chi connectivity index (χ0v) is 9.38. The number of nitrogens with one attached hydrogen (secondary N) is 1. The first-order valence-electron chi connectivity index (χ1n) is 5.00. The lowest BCUT2D eigenvalue weighted by atomic mass is 10.2. The van der Waals surface area contributed by atoms with Gasteiger partial charge in [0.25, 0.3) is 0 Å². The first-order valence-corrected chi connectivity index (χ1v) is 5.00. The molecular weight excluding hydrogens is 222 g/mol. The SMILES string of the molecule is COC(CNc1ccc(C#N)cn1)CC(=O)O. The van der Waals surface area contributed by atoms with Crippen LogP contribution in [0.25, 0.3) is 0 Å². The number of carboxylic acid groups (broad SMARTS) is 1. The van der Waals surface area contributed by atoms with Crippen LogP contribution in [0.3, 0.4) is 0 Å². The number of hydrogen-bond acceptors (Lipinski definition) is 5. The van der Waals surface area contributed by atoms with E-state index in [2.05, 4.69) is 10.3 Å². The highest BCUT2D eigenvalue weighted by Crippen LogP contribution is 2.05. The summed E-state index contributed by atoms with van der Waals surface area (Å²) in [6.45, 7) is 0.349. The van der Waals surface area contributed by atoms with Crippen molar-refractivity contribution < 1.29 is 14.6 Å². The topological polar surface area (TPSA) is 95.2 Å². The van der Waals surface area contributed by atoms with Gasteiger partial charge in [-0.1, -0.05) is 0 Å². The van der Waals surface area contributed by atoms with Crippen LogP contribution in [0.1, 0.15) is 12.0 Å². The van der Waals surface area contributed by atoms with Gasteiger partial charge in [0.2, 0.25) is 0 Å². The minimum absolute atomic E-state index is 0.0697. The number of nitriles is 1. The second-order valence-corrected chi connectivity index (χ2v) is 3.38. The van der Waals surface area contributed by atoms with Crippen molar-refractivity contribution in [3.8, 4) is 6.07 Å². The molecule has 0 spiro atoms. The molecule has 1 aromatic heterocycles. The first-order chi connectivity index (χ1) is 8.15. The van der Waals surface area contributed by atoms with E-state index in [-0.39, 0.29) is 6.42 Å². The summed E-state index contributed by atoms with van der Waals surface area (Å²) in [7, 11) is 1.46. The number of aliphatic carboxylic acids is 1. The van der Waals surface area contributed by atoms with Crippen LogP contribution in [-0.4, -0.2) is 35.8 Å². The number of methoxy groups -OCH3 is 1. The number of carboxylic acids is 1. The fourth-order valence-corrected chi connectivity index (χ4v) is 1.22. The molecule has 1 rings (SSSR count). The molecule has 1 heterocycles. The van der Waals surface area contributed by atoms with Gasteiger partial charge in [-0.05, 0) is 12.1 Å². The van der Waals surface area contributed by atoms with Crippen molar-refractivity contribution in [3.63, 3.8) is 0 Å². The second kappa shape index (κ2) is 6.45. The molecule has 1 unspecified atom stereocenters. The number of anilines is 1. The summed E-state index contributed by atoms with van der Waals surface area (Å²) < 4.78 is 5.00. The average molecular weight is 235 g/mol. The Bertz CT molecular complexity index is 411. The highest BCUT2D eigenvalue weighted by Gasteiger charge is 2.11. The average Bonchev–Trinajstić information content (AvgIpc) is 2.34. The molecule has 1 aromatic rings. The molecule has 17 heavy (non-hydrogen) atoms. The van der Waals surface area contributed by atoms with Crippen molar-refractivity contribution in [1.29, 1.82) is 5.26 Å². The Kier molecular flexibility index (Phi) is 4.91. The molecule has 0 aromatic carbocycles. The monoisotopic (exact) mass is 235 g/mol. The van der Waals surface area contributed by atoms with Crippen molar-refractivity contribution in [3.05, 3.63) is 23.9 Å². The number of hydrogen-bond donors (Lipinski definition) is 2. The van der Waals surface area contributed by atoms with E-state index < -0.39 is 12.1 Å². The van der Waals surface area contributed by atoms with Crippen molar-refractivity contribution in [2.45, 2.75) is 12.5 Å². The van der Waals surface area contributed by atoms with Gasteiger partial charge < -0.3 is 15.2 Å². The minimum Gasteiger partial charge on any atom is -0.481 e.